The van der Waals surface area contributed by atoms with Crippen molar-refractivity contribution < 1.29 is 0 Å². The Kier molecular flexibility index (Phi) is 3.38. The zero-order chi connectivity index (χ0) is 11.7. The van der Waals surface area contributed by atoms with Crippen molar-refractivity contribution >= 4 is 34.2 Å². The molecular weight excluding hydrogens is 245 g/mol. The molecule has 1 aromatic heterocycles. The topological polar surface area (TPSA) is 43.8 Å². The molecule has 0 bridgehead atoms. The SMILES string of the molecule is CCc1nc2cc(Cl)c(Cl)cc2n1CCN. The molecule has 0 aliphatic rings. The number of nitrogens with zero attached hydrogens (tertiary/aromatic N) is 2. The number of imidazole rings is 1. The van der Waals surface area contributed by atoms with Gasteiger partial charge in [-0.1, -0.05) is 30.1 Å². The van der Waals surface area contributed by atoms with Crippen molar-refractivity contribution in [2.75, 3.05) is 6.54 Å². The molecule has 86 valence electrons. The number of nitrogens with two attached hydrogens (primary N) is 1. The molecule has 1 heterocycles. The van der Waals surface area contributed by atoms with Gasteiger partial charge in [0.05, 0.1) is 21.1 Å². The fourth-order valence-electron chi connectivity index (χ4n) is 1.82. The van der Waals surface area contributed by atoms with Crippen LogP contribution in [0.5, 0.6) is 0 Å². The predicted molar refractivity (Wildman–Crippen MR) is 68.2 cm³/mol. The van der Waals surface area contributed by atoms with Crippen LogP contribution in [0.1, 0.15) is 12.7 Å². The van der Waals surface area contributed by atoms with Crippen LogP contribution in [-0.2, 0) is 13.0 Å². The van der Waals surface area contributed by atoms with Crippen LogP contribution >= 0.6 is 23.2 Å². The highest BCUT2D eigenvalue weighted by molar-refractivity contribution is 6.42. The molecule has 0 aliphatic carbocycles. The van der Waals surface area contributed by atoms with Gasteiger partial charge >= 0.3 is 0 Å². The Hall–Kier alpha value is -0.770. The maximum atomic E-state index is 6.01. The molecule has 0 spiro atoms. The van der Waals surface area contributed by atoms with Crippen molar-refractivity contribution in [3.05, 3.63) is 28.0 Å². The second kappa shape index (κ2) is 4.62. The van der Waals surface area contributed by atoms with E-state index >= 15 is 0 Å². The van der Waals surface area contributed by atoms with Gasteiger partial charge in [-0.2, -0.15) is 0 Å². The fourth-order valence-corrected chi connectivity index (χ4v) is 2.13. The highest BCUT2D eigenvalue weighted by Crippen LogP contribution is 2.28. The van der Waals surface area contributed by atoms with E-state index < -0.39 is 0 Å². The maximum absolute atomic E-state index is 6.01. The van der Waals surface area contributed by atoms with E-state index in [-0.39, 0.29) is 0 Å². The standard InChI is InChI=1S/C11H13Cl2N3/c1-2-11-15-9-5-7(12)8(13)6-10(9)16(11)4-3-14/h5-6H,2-4,14H2,1H3. The van der Waals surface area contributed by atoms with Crippen LogP contribution in [0, 0.1) is 0 Å². The molecule has 0 fully saturated rings. The third-order valence-electron chi connectivity index (χ3n) is 2.54. The van der Waals surface area contributed by atoms with Gasteiger partial charge in [0.15, 0.2) is 0 Å². The van der Waals surface area contributed by atoms with Gasteiger partial charge in [-0.15, -0.1) is 0 Å². The summed E-state index contributed by atoms with van der Waals surface area (Å²) in [4.78, 5) is 4.52. The molecule has 3 nitrogen and oxygen atoms in total. The molecule has 0 aliphatic heterocycles. The van der Waals surface area contributed by atoms with Gasteiger partial charge < -0.3 is 10.3 Å². The van der Waals surface area contributed by atoms with Crippen LogP contribution in [-0.4, -0.2) is 16.1 Å². The summed E-state index contributed by atoms with van der Waals surface area (Å²) in [5.41, 5.74) is 7.47. The summed E-state index contributed by atoms with van der Waals surface area (Å²) < 4.78 is 2.09. The van der Waals surface area contributed by atoms with Crippen LogP contribution in [0.4, 0.5) is 0 Å². The Morgan fingerprint density at radius 3 is 2.62 bits per heavy atom. The first-order chi connectivity index (χ1) is 7.67. The van der Waals surface area contributed by atoms with Crippen LogP contribution in [0.3, 0.4) is 0 Å². The average Bonchev–Trinajstić information content (AvgIpc) is 2.58. The number of aryl methyl sites for hydroxylation is 1. The van der Waals surface area contributed by atoms with E-state index in [0.717, 1.165) is 29.8 Å². The molecule has 0 saturated heterocycles. The predicted octanol–water partition coefficient (Wildman–Crippen LogP) is 2.86. The number of aromatic nitrogens is 2. The lowest BCUT2D eigenvalue weighted by Gasteiger charge is -2.06. The molecule has 0 unspecified atom stereocenters. The molecule has 5 heteroatoms. The molecule has 0 saturated carbocycles. The second-order valence-corrected chi connectivity index (χ2v) is 4.39. The van der Waals surface area contributed by atoms with Gasteiger partial charge in [0.2, 0.25) is 0 Å². The van der Waals surface area contributed by atoms with E-state index in [0.29, 0.717) is 16.6 Å². The zero-order valence-corrected chi connectivity index (χ0v) is 10.5. The van der Waals surface area contributed by atoms with E-state index in [1.54, 1.807) is 6.07 Å². The third-order valence-corrected chi connectivity index (χ3v) is 3.26. The van der Waals surface area contributed by atoms with E-state index in [2.05, 4.69) is 16.5 Å². The van der Waals surface area contributed by atoms with Crippen LogP contribution in [0.15, 0.2) is 12.1 Å². The van der Waals surface area contributed by atoms with Gasteiger partial charge in [-0.25, -0.2) is 4.98 Å². The summed E-state index contributed by atoms with van der Waals surface area (Å²) in [5, 5.41) is 1.09. The minimum Gasteiger partial charge on any atom is -0.329 e. The minimum atomic E-state index is 0.536. The molecule has 1 aromatic carbocycles. The van der Waals surface area contributed by atoms with Gasteiger partial charge in [0.25, 0.3) is 0 Å². The van der Waals surface area contributed by atoms with Gasteiger partial charge in [-0.3, -0.25) is 0 Å². The largest absolute Gasteiger partial charge is 0.329 e. The van der Waals surface area contributed by atoms with Crippen molar-refractivity contribution in [3.8, 4) is 0 Å². The Morgan fingerprint density at radius 2 is 2.00 bits per heavy atom. The normalized spacial score (nSPS) is 11.2. The van der Waals surface area contributed by atoms with Crippen molar-refractivity contribution in [3.63, 3.8) is 0 Å². The molecule has 0 amide bonds. The first-order valence-corrected chi connectivity index (χ1v) is 5.97. The van der Waals surface area contributed by atoms with E-state index in [1.807, 2.05) is 6.07 Å². The Balaban J connectivity index is 2.69. The minimum absolute atomic E-state index is 0.536. The Bertz CT molecular complexity index is 519. The molecule has 0 radical (unpaired) electrons. The van der Waals surface area contributed by atoms with Crippen molar-refractivity contribution in [1.82, 2.24) is 9.55 Å². The van der Waals surface area contributed by atoms with Gasteiger partial charge in [0.1, 0.15) is 5.82 Å². The molecule has 2 N–H and O–H groups in total. The molecule has 2 rings (SSSR count). The fraction of sp³-hybridized carbons (Fsp3) is 0.364. The summed E-state index contributed by atoms with van der Waals surface area (Å²) in [5.74, 6) is 1.01. The molecular formula is C11H13Cl2N3. The Labute approximate surface area is 104 Å². The third kappa shape index (κ3) is 1.90. The average molecular weight is 258 g/mol. The monoisotopic (exact) mass is 257 g/mol. The number of hydrogen-bond donors (Lipinski definition) is 1. The lowest BCUT2D eigenvalue weighted by atomic mass is 10.3. The van der Waals surface area contributed by atoms with E-state index in [4.69, 9.17) is 28.9 Å². The van der Waals surface area contributed by atoms with E-state index in [9.17, 15) is 0 Å². The highest BCUT2D eigenvalue weighted by atomic mass is 35.5. The van der Waals surface area contributed by atoms with Crippen LogP contribution < -0.4 is 5.73 Å². The molecule has 16 heavy (non-hydrogen) atoms. The summed E-state index contributed by atoms with van der Waals surface area (Å²) in [7, 11) is 0. The first kappa shape index (κ1) is 11.7. The number of benzene rings is 1. The summed E-state index contributed by atoms with van der Waals surface area (Å²) in [6, 6.07) is 3.65. The van der Waals surface area contributed by atoms with Crippen molar-refractivity contribution in [2.45, 2.75) is 19.9 Å². The zero-order valence-electron chi connectivity index (χ0n) is 9.00. The van der Waals surface area contributed by atoms with Crippen molar-refractivity contribution in [1.29, 1.82) is 0 Å². The highest BCUT2D eigenvalue weighted by Gasteiger charge is 2.11. The van der Waals surface area contributed by atoms with Crippen molar-refractivity contribution in [2.24, 2.45) is 5.73 Å². The lowest BCUT2D eigenvalue weighted by molar-refractivity contribution is 0.684. The second-order valence-electron chi connectivity index (χ2n) is 3.58. The Morgan fingerprint density at radius 1 is 1.31 bits per heavy atom. The molecule has 2 aromatic rings. The number of fused-ring (bicyclic) bond motifs is 1. The summed E-state index contributed by atoms with van der Waals surface area (Å²) in [6.07, 6.45) is 0.865. The molecule has 0 atom stereocenters. The van der Waals surface area contributed by atoms with Gasteiger partial charge in [0, 0.05) is 19.5 Å². The van der Waals surface area contributed by atoms with E-state index in [1.165, 1.54) is 0 Å². The number of halogens is 2. The smallest absolute Gasteiger partial charge is 0.109 e. The van der Waals surface area contributed by atoms with Gasteiger partial charge in [-0.05, 0) is 12.1 Å². The number of rotatable bonds is 3. The first-order valence-electron chi connectivity index (χ1n) is 5.21. The van der Waals surface area contributed by atoms with Crippen LogP contribution in [0.25, 0.3) is 11.0 Å². The summed E-state index contributed by atoms with van der Waals surface area (Å²) >= 11 is 12.0. The van der Waals surface area contributed by atoms with Crippen LogP contribution in [0.2, 0.25) is 10.0 Å². The lowest BCUT2D eigenvalue weighted by Crippen LogP contribution is -2.12. The summed E-state index contributed by atoms with van der Waals surface area (Å²) in [6.45, 7) is 3.40. The maximum Gasteiger partial charge on any atom is 0.109 e. The number of hydrogen-bond acceptors (Lipinski definition) is 2. The quantitative estimate of drug-likeness (QED) is 0.919.